The molecular weight excluding hydrogens is 352 g/mol. The number of ether oxygens (including phenoxy) is 1. The van der Waals surface area contributed by atoms with Crippen LogP contribution in [0.25, 0.3) is 0 Å². The average molecular weight is 363 g/mol. The molecule has 6 heteroatoms. The first kappa shape index (κ1) is 15.8. The standard InChI is InChI=1S/C15H11BrF4O/c16-13(15(19,20)14(17)18)10-6-8-12(9-7-10)21-11-4-2-1-3-5-11/h1-9,13-14H. The highest BCUT2D eigenvalue weighted by molar-refractivity contribution is 9.09. The monoisotopic (exact) mass is 362 g/mol. The van der Waals surface area contributed by atoms with Crippen molar-refractivity contribution >= 4 is 15.9 Å². The lowest BCUT2D eigenvalue weighted by molar-refractivity contribution is -0.127. The molecule has 1 nitrogen and oxygen atoms in total. The Morgan fingerprint density at radius 2 is 1.38 bits per heavy atom. The molecule has 2 rings (SSSR count). The molecule has 1 unspecified atom stereocenters. The molecular formula is C15H11BrF4O. The lowest BCUT2D eigenvalue weighted by Crippen LogP contribution is -2.31. The van der Waals surface area contributed by atoms with Gasteiger partial charge in [-0.1, -0.05) is 46.3 Å². The van der Waals surface area contributed by atoms with Crippen LogP contribution in [0, 0.1) is 0 Å². The van der Waals surface area contributed by atoms with Crippen LogP contribution in [0.5, 0.6) is 11.5 Å². The number of hydrogen-bond donors (Lipinski definition) is 0. The molecule has 1 atom stereocenters. The third kappa shape index (κ3) is 3.75. The fraction of sp³-hybridized carbons (Fsp3) is 0.200. The van der Waals surface area contributed by atoms with E-state index in [1.165, 1.54) is 24.3 Å². The predicted molar refractivity (Wildman–Crippen MR) is 75.6 cm³/mol. The minimum atomic E-state index is -4.14. The van der Waals surface area contributed by atoms with Crippen LogP contribution in [0.15, 0.2) is 54.6 Å². The van der Waals surface area contributed by atoms with Gasteiger partial charge in [0.25, 0.3) is 0 Å². The van der Waals surface area contributed by atoms with Crippen LogP contribution in [0.3, 0.4) is 0 Å². The second-order valence-electron chi connectivity index (χ2n) is 4.32. The first-order chi connectivity index (χ1) is 9.91. The fourth-order valence-electron chi connectivity index (χ4n) is 1.66. The molecule has 2 aromatic rings. The maximum Gasteiger partial charge on any atom is 0.323 e. The van der Waals surface area contributed by atoms with Crippen molar-refractivity contribution in [1.29, 1.82) is 0 Å². The number of benzene rings is 2. The van der Waals surface area contributed by atoms with Gasteiger partial charge in [-0.3, -0.25) is 0 Å². The molecule has 0 saturated carbocycles. The van der Waals surface area contributed by atoms with Gasteiger partial charge in [0, 0.05) is 0 Å². The van der Waals surface area contributed by atoms with Crippen molar-refractivity contribution in [3.8, 4) is 11.5 Å². The average Bonchev–Trinajstić information content (AvgIpc) is 2.48. The van der Waals surface area contributed by atoms with Gasteiger partial charge in [0.1, 0.15) is 16.3 Å². The summed E-state index contributed by atoms with van der Waals surface area (Å²) in [5.74, 6) is -3.11. The summed E-state index contributed by atoms with van der Waals surface area (Å²) in [6, 6.07) is 14.5. The Kier molecular flexibility index (Phi) is 4.88. The highest BCUT2D eigenvalue weighted by Gasteiger charge is 2.48. The number of alkyl halides is 5. The van der Waals surface area contributed by atoms with Crippen LogP contribution in [-0.4, -0.2) is 12.3 Å². The van der Waals surface area contributed by atoms with E-state index >= 15 is 0 Å². The Bertz CT molecular complexity index is 572. The molecule has 0 radical (unpaired) electrons. The normalized spacial score (nSPS) is 13.2. The van der Waals surface area contributed by atoms with Crippen molar-refractivity contribution in [3.63, 3.8) is 0 Å². The van der Waals surface area contributed by atoms with E-state index in [0.717, 1.165) is 0 Å². The first-order valence-electron chi connectivity index (χ1n) is 6.04. The van der Waals surface area contributed by atoms with Crippen molar-refractivity contribution in [2.75, 3.05) is 0 Å². The molecule has 0 amide bonds. The molecule has 0 aliphatic carbocycles. The molecule has 0 heterocycles. The summed E-state index contributed by atoms with van der Waals surface area (Å²) < 4.78 is 56.6. The van der Waals surface area contributed by atoms with E-state index in [-0.39, 0.29) is 5.56 Å². The smallest absolute Gasteiger partial charge is 0.323 e. The van der Waals surface area contributed by atoms with Gasteiger partial charge in [-0.05, 0) is 29.8 Å². The first-order valence-corrected chi connectivity index (χ1v) is 6.95. The lowest BCUT2D eigenvalue weighted by Gasteiger charge is -2.21. The molecule has 0 saturated heterocycles. The van der Waals surface area contributed by atoms with E-state index < -0.39 is 17.2 Å². The van der Waals surface area contributed by atoms with Crippen molar-refractivity contribution < 1.29 is 22.3 Å². The van der Waals surface area contributed by atoms with Crippen molar-refractivity contribution in [2.24, 2.45) is 0 Å². The molecule has 0 aromatic heterocycles. The molecule has 0 bridgehead atoms. The van der Waals surface area contributed by atoms with Gasteiger partial charge in [0.2, 0.25) is 0 Å². The van der Waals surface area contributed by atoms with Gasteiger partial charge in [-0.15, -0.1) is 0 Å². The highest BCUT2D eigenvalue weighted by atomic mass is 79.9. The fourth-order valence-corrected chi connectivity index (χ4v) is 2.17. The summed E-state index contributed by atoms with van der Waals surface area (Å²) in [5, 5.41) is 0. The van der Waals surface area contributed by atoms with E-state index in [1.54, 1.807) is 24.3 Å². The van der Waals surface area contributed by atoms with Crippen LogP contribution >= 0.6 is 15.9 Å². The van der Waals surface area contributed by atoms with Gasteiger partial charge in [0.15, 0.2) is 0 Å². The van der Waals surface area contributed by atoms with Crippen LogP contribution < -0.4 is 4.74 Å². The predicted octanol–water partition coefficient (Wildman–Crippen LogP) is 5.82. The molecule has 0 aliphatic rings. The van der Waals surface area contributed by atoms with Crippen LogP contribution in [-0.2, 0) is 0 Å². The number of hydrogen-bond acceptors (Lipinski definition) is 1. The van der Waals surface area contributed by atoms with E-state index in [1.807, 2.05) is 6.07 Å². The van der Waals surface area contributed by atoms with Crippen molar-refractivity contribution in [1.82, 2.24) is 0 Å². The molecule has 21 heavy (non-hydrogen) atoms. The van der Waals surface area contributed by atoms with E-state index in [2.05, 4.69) is 15.9 Å². The molecule has 0 aliphatic heterocycles. The minimum absolute atomic E-state index is 0.0562. The number of halogens is 5. The molecule has 0 N–H and O–H groups in total. The van der Waals surface area contributed by atoms with Crippen molar-refractivity contribution in [2.45, 2.75) is 17.2 Å². The molecule has 0 fully saturated rings. The van der Waals surface area contributed by atoms with Gasteiger partial charge in [-0.25, -0.2) is 8.78 Å². The van der Waals surface area contributed by atoms with E-state index in [0.29, 0.717) is 11.5 Å². The summed E-state index contributed by atoms with van der Waals surface area (Å²) in [6.07, 6.45) is -3.73. The minimum Gasteiger partial charge on any atom is -0.457 e. The summed E-state index contributed by atoms with van der Waals surface area (Å²) in [4.78, 5) is -1.75. The van der Waals surface area contributed by atoms with Gasteiger partial charge in [-0.2, -0.15) is 8.78 Å². The van der Waals surface area contributed by atoms with Crippen LogP contribution in [0.1, 0.15) is 10.4 Å². The van der Waals surface area contributed by atoms with E-state index in [9.17, 15) is 17.6 Å². The van der Waals surface area contributed by atoms with Crippen LogP contribution in [0.4, 0.5) is 17.6 Å². The van der Waals surface area contributed by atoms with Gasteiger partial charge in [0.05, 0.1) is 0 Å². The van der Waals surface area contributed by atoms with E-state index in [4.69, 9.17) is 4.74 Å². The quantitative estimate of drug-likeness (QED) is 0.481. The Hall–Kier alpha value is -1.56. The Morgan fingerprint density at radius 1 is 0.857 bits per heavy atom. The van der Waals surface area contributed by atoms with Crippen LogP contribution in [0.2, 0.25) is 0 Å². The summed E-state index contributed by atoms with van der Waals surface area (Å²) in [7, 11) is 0. The zero-order chi connectivity index (χ0) is 15.5. The zero-order valence-electron chi connectivity index (χ0n) is 10.6. The highest BCUT2D eigenvalue weighted by Crippen LogP contribution is 2.42. The number of rotatable bonds is 5. The summed E-state index contributed by atoms with van der Waals surface area (Å²) in [6.45, 7) is 0. The molecule has 0 spiro atoms. The Labute approximate surface area is 127 Å². The Balaban J connectivity index is 2.12. The second kappa shape index (κ2) is 6.47. The maximum absolute atomic E-state index is 13.2. The van der Waals surface area contributed by atoms with Gasteiger partial charge >= 0.3 is 12.3 Å². The third-order valence-electron chi connectivity index (χ3n) is 2.78. The van der Waals surface area contributed by atoms with Crippen molar-refractivity contribution in [3.05, 3.63) is 60.2 Å². The third-order valence-corrected chi connectivity index (χ3v) is 3.92. The van der Waals surface area contributed by atoms with Gasteiger partial charge < -0.3 is 4.74 Å². The second-order valence-corrected chi connectivity index (χ2v) is 5.24. The Morgan fingerprint density at radius 3 is 1.90 bits per heavy atom. The molecule has 2 aromatic carbocycles. The topological polar surface area (TPSA) is 9.23 Å². The molecule has 112 valence electrons. The summed E-state index contributed by atoms with van der Waals surface area (Å²) in [5.41, 5.74) is 0.0562. The maximum atomic E-state index is 13.2. The SMILES string of the molecule is FC(F)C(F)(F)C(Br)c1ccc(Oc2ccccc2)cc1. The zero-order valence-corrected chi connectivity index (χ0v) is 12.2. The summed E-state index contributed by atoms with van der Waals surface area (Å²) >= 11 is 2.63. The number of para-hydroxylation sites is 1. The largest absolute Gasteiger partial charge is 0.457 e. The lowest BCUT2D eigenvalue weighted by atomic mass is 10.1.